The molecule has 2 rings (SSSR count). The van der Waals surface area contributed by atoms with Gasteiger partial charge in [-0.3, -0.25) is 0 Å². The molecule has 0 aliphatic carbocycles. The molecule has 18 heavy (non-hydrogen) atoms. The molecule has 4 heteroatoms. The summed E-state index contributed by atoms with van der Waals surface area (Å²) in [6, 6.07) is 9.81. The molecule has 0 N–H and O–H groups in total. The van der Waals surface area contributed by atoms with Gasteiger partial charge < -0.3 is 9.30 Å². The number of nitrogens with zero attached hydrogens (tertiary/aromatic N) is 3. The Morgan fingerprint density at radius 1 is 1.17 bits per heavy atom. The van der Waals surface area contributed by atoms with E-state index in [4.69, 9.17) is 4.74 Å². The summed E-state index contributed by atoms with van der Waals surface area (Å²) in [5.41, 5.74) is 0.00554. The van der Waals surface area contributed by atoms with Crippen LogP contribution in [0.4, 0.5) is 0 Å². The second-order valence-electron chi connectivity index (χ2n) is 5.20. The normalized spacial score (nSPS) is 11.5. The Hall–Kier alpha value is -1.84. The number of ether oxygens (including phenoxy) is 1. The van der Waals surface area contributed by atoms with E-state index in [0.717, 1.165) is 18.0 Å². The first-order valence-corrected chi connectivity index (χ1v) is 6.14. The molecule has 2 aromatic rings. The highest BCUT2D eigenvalue weighted by molar-refractivity contribution is 5.20. The third-order valence-electron chi connectivity index (χ3n) is 2.68. The van der Waals surface area contributed by atoms with E-state index >= 15 is 0 Å². The predicted molar refractivity (Wildman–Crippen MR) is 70.7 cm³/mol. The maximum Gasteiger partial charge on any atom is 0.136 e. The van der Waals surface area contributed by atoms with Crippen molar-refractivity contribution in [1.82, 2.24) is 14.8 Å². The lowest BCUT2D eigenvalue weighted by Crippen LogP contribution is -2.24. The average molecular weight is 245 g/mol. The van der Waals surface area contributed by atoms with Gasteiger partial charge in [-0.1, -0.05) is 18.2 Å². The van der Waals surface area contributed by atoms with Crippen molar-refractivity contribution in [2.24, 2.45) is 0 Å². The van der Waals surface area contributed by atoms with E-state index in [1.165, 1.54) is 0 Å². The third-order valence-corrected chi connectivity index (χ3v) is 2.68. The molecular weight excluding hydrogens is 226 g/mol. The van der Waals surface area contributed by atoms with Crippen molar-refractivity contribution in [1.29, 1.82) is 0 Å². The van der Waals surface area contributed by atoms with Crippen molar-refractivity contribution in [3.05, 3.63) is 42.5 Å². The summed E-state index contributed by atoms with van der Waals surface area (Å²) in [4.78, 5) is 0. The van der Waals surface area contributed by atoms with Crippen LogP contribution in [-0.2, 0) is 12.0 Å². The smallest absolute Gasteiger partial charge is 0.136 e. The zero-order valence-corrected chi connectivity index (χ0v) is 11.1. The number of hydrogen-bond donors (Lipinski definition) is 0. The van der Waals surface area contributed by atoms with E-state index < -0.39 is 0 Å². The summed E-state index contributed by atoms with van der Waals surface area (Å²) in [5.74, 6) is 1.85. The molecule has 4 nitrogen and oxygen atoms in total. The van der Waals surface area contributed by atoms with Crippen LogP contribution in [0.15, 0.2) is 36.7 Å². The van der Waals surface area contributed by atoms with Crippen LogP contribution in [0.25, 0.3) is 0 Å². The van der Waals surface area contributed by atoms with Crippen LogP contribution in [-0.4, -0.2) is 21.4 Å². The van der Waals surface area contributed by atoms with Gasteiger partial charge in [0.05, 0.1) is 6.61 Å². The van der Waals surface area contributed by atoms with E-state index in [9.17, 15) is 0 Å². The average Bonchev–Trinajstić information content (AvgIpc) is 2.78. The Bertz CT molecular complexity index is 485. The minimum atomic E-state index is 0.00554. The molecule has 1 aromatic heterocycles. The molecule has 0 saturated carbocycles. The molecule has 0 fully saturated rings. The Kier molecular flexibility index (Phi) is 3.65. The summed E-state index contributed by atoms with van der Waals surface area (Å²) in [6.45, 7) is 7.02. The van der Waals surface area contributed by atoms with Crippen molar-refractivity contribution in [2.45, 2.75) is 32.7 Å². The fourth-order valence-corrected chi connectivity index (χ4v) is 1.77. The third kappa shape index (κ3) is 3.09. The van der Waals surface area contributed by atoms with Crippen LogP contribution < -0.4 is 4.74 Å². The largest absolute Gasteiger partial charge is 0.493 e. The molecule has 96 valence electrons. The van der Waals surface area contributed by atoms with Gasteiger partial charge in [0.25, 0.3) is 0 Å². The van der Waals surface area contributed by atoms with Gasteiger partial charge >= 0.3 is 0 Å². The van der Waals surface area contributed by atoms with Crippen molar-refractivity contribution >= 4 is 0 Å². The lowest BCUT2D eigenvalue weighted by Gasteiger charge is -2.22. The van der Waals surface area contributed by atoms with E-state index in [1.54, 1.807) is 6.33 Å². The molecule has 1 heterocycles. The first-order valence-electron chi connectivity index (χ1n) is 6.14. The molecule has 0 saturated heterocycles. The van der Waals surface area contributed by atoms with Crippen molar-refractivity contribution < 1.29 is 4.74 Å². The molecule has 0 atom stereocenters. The summed E-state index contributed by atoms with van der Waals surface area (Å²) in [7, 11) is 0. The Labute approximate surface area is 108 Å². The van der Waals surface area contributed by atoms with Crippen LogP contribution in [0.5, 0.6) is 5.75 Å². The monoisotopic (exact) mass is 245 g/mol. The van der Waals surface area contributed by atoms with Crippen LogP contribution in [0, 0.1) is 0 Å². The summed E-state index contributed by atoms with van der Waals surface area (Å²) < 4.78 is 7.75. The van der Waals surface area contributed by atoms with Gasteiger partial charge in [-0.15, -0.1) is 10.2 Å². The minimum absolute atomic E-state index is 0.00554. The minimum Gasteiger partial charge on any atom is -0.493 e. The molecule has 0 unspecified atom stereocenters. The van der Waals surface area contributed by atoms with Gasteiger partial charge in [0, 0.05) is 12.0 Å². The van der Waals surface area contributed by atoms with E-state index in [2.05, 4.69) is 35.5 Å². The highest BCUT2D eigenvalue weighted by atomic mass is 16.5. The van der Waals surface area contributed by atoms with E-state index in [1.807, 2.05) is 30.3 Å². The quantitative estimate of drug-likeness (QED) is 0.831. The van der Waals surface area contributed by atoms with Crippen LogP contribution in [0.3, 0.4) is 0 Å². The summed E-state index contributed by atoms with van der Waals surface area (Å²) >= 11 is 0. The second-order valence-corrected chi connectivity index (χ2v) is 5.20. The zero-order valence-electron chi connectivity index (χ0n) is 11.1. The Balaban J connectivity index is 1.93. The van der Waals surface area contributed by atoms with Gasteiger partial charge in [0.1, 0.15) is 17.9 Å². The molecule has 0 amide bonds. The molecule has 0 aliphatic heterocycles. The van der Waals surface area contributed by atoms with Crippen LogP contribution >= 0.6 is 0 Å². The maximum absolute atomic E-state index is 5.67. The molecule has 1 aromatic carbocycles. The molecule has 0 radical (unpaired) electrons. The van der Waals surface area contributed by atoms with Gasteiger partial charge in [0.2, 0.25) is 0 Å². The molecule has 0 bridgehead atoms. The van der Waals surface area contributed by atoms with Crippen LogP contribution in [0.2, 0.25) is 0 Å². The first kappa shape index (κ1) is 12.6. The fourth-order valence-electron chi connectivity index (χ4n) is 1.77. The maximum atomic E-state index is 5.67. The fraction of sp³-hybridized carbons (Fsp3) is 0.429. The van der Waals surface area contributed by atoms with Crippen molar-refractivity contribution in [2.75, 3.05) is 6.61 Å². The van der Waals surface area contributed by atoms with Gasteiger partial charge in [-0.25, -0.2) is 0 Å². The van der Waals surface area contributed by atoms with E-state index in [-0.39, 0.29) is 5.54 Å². The van der Waals surface area contributed by atoms with Gasteiger partial charge in [-0.05, 0) is 32.9 Å². The number of benzene rings is 1. The summed E-state index contributed by atoms with van der Waals surface area (Å²) in [6.07, 6.45) is 2.53. The topological polar surface area (TPSA) is 39.9 Å². The summed E-state index contributed by atoms with van der Waals surface area (Å²) in [5, 5.41) is 8.12. The number of para-hydroxylation sites is 1. The highest BCUT2D eigenvalue weighted by Gasteiger charge is 2.17. The molecular formula is C14H19N3O. The van der Waals surface area contributed by atoms with Crippen molar-refractivity contribution in [3.63, 3.8) is 0 Å². The van der Waals surface area contributed by atoms with E-state index in [0.29, 0.717) is 6.61 Å². The number of aromatic nitrogens is 3. The SMILES string of the molecule is CC(C)(C)n1cnnc1CCOc1ccccc1. The lowest BCUT2D eigenvalue weighted by atomic mass is 10.1. The lowest BCUT2D eigenvalue weighted by molar-refractivity contribution is 0.307. The zero-order chi connectivity index (χ0) is 13.0. The van der Waals surface area contributed by atoms with Gasteiger partial charge in [-0.2, -0.15) is 0 Å². The first-order chi connectivity index (χ1) is 8.57. The highest BCUT2D eigenvalue weighted by Crippen LogP contribution is 2.15. The Morgan fingerprint density at radius 3 is 2.56 bits per heavy atom. The van der Waals surface area contributed by atoms with Crippen molar-refractivity contribution in [3.8, 4) is 5.75 Å². The number of hydrogen-bond acceptors (Lipinski definition) is 3. The molecule has 0 spiro atoms. The standard InChI is InChI=1S/C14H19N3O/c1-14(2,3)17-11-15-16-13(17)9-10-18-12-7-5-4-6-8-12/h4-8,11H,9-10H2,1-3H3. The second kappa shape index (κ2) is 5.21. The number of rotatable bonds is 4. The Morgan fingerprint density at radius 2 is 1.89 bits per heavy atom. The van der Waals surface area contributed by atoms with Gasteiger partial charge in [0.15, 0.2) is 0 Å². The predicted octanol–water partition coefficient (Wildman–Crippen LogP) is 2.65. The molecule has 0 aliphatic rings. The van der Waals surface area contributed by atoms with Crippen LogP contribution in [0.1, 0.15) is 26.6 Å².